The maximum Gasteiger partial charge on any atom is 0.244 e. The van der Waals surface area contributed by atoms with Crippen LogP contribution in [0, 0.1) is 5.82 Å². The lowest BCUT2D eigenvalue weighted by Gasteiger charge is -2.08. The number of hydrogen-bond acceptors (Lipinski definition) is 6. The molecule has 2 N–H and O–H groups in total. The standard InChI is InChI=1S/C15H13FN6/c16-12-5-1-2-6-13(12)20-14-10-19-22-15(21-14)18-9-11-4-3-7-17-8-11/h1-8,10H,9H2,(H2,18,20,21,22). The molecule has 22 heavy (non-hydrogen) atoms. The molecule has 0 bridgehead atoms. The van der Waals surface area contributed by atoms with E-state index < -0.39 is 0 Å². The van der Waals surface area contributed by atoms with E-state index in [0.717, 1.165) is 5.56 Å². The molecule has 0 aliphatic rings. The third-order valence-electron chi connectivity index (χ3n) is 2.87. The summed E-state index contributed by atoms with van der Waals surface area (Å²) in [7, 11) is 0. The summed E-state index contributed by atoms with van der Waals surface area (Å²) in [6.07, 6.45) is 4.89. The maximum absolute atomic E-state index is 13.6. The minimum Gasteiger partial charge on any atom is -0.349 e. The van der Waals surface area contributed by atoms with E-state index in [-0.39, 0.29) is 5.82 Å². The van der Waals surface area contributed by atoms with E-state index in [2.05, 4.69) is 30.8 Å². The van der Waals surface area contributed by atoms with Gasteiger partial charge < -0.3 is 10.6 Å². The molecule has 0 saturated heterocycles. The van der Waals surface area contributed by atoms with Crippen molar-refractivity contribution >= 4 is 17.5 Å². The summed E-state index contributed by atoms with van der Waals surface area (Å²) in [5.74, 6) is 0.407. The highest BCUT2D eigenvalue weighted by atomic mass is 19.1. The average molecular weight is 296 g/mol. The second-order valence-electron chi connectivity index (χ2n) is 4.48. The number of benzene rings is 1. The monoisotopic (exact) mass is 296 g/mol. The number of pyridine rings is 1. The average Bonchev–Trinajstić information content (AvgIpc) is 2.57. The van der Waals surface area contributed by atoms with Gasteiger partial charge in [-0.15, -0.1) is 5.10 Å². The SMILES string of the molecule is Fc1ccccc1Nc1cnnc(NCc2cccnc2)n1. The first kappa shape index (κ1) is 13.9. The van der Waals surface area contributed by atoms with Crippen molar-refractivity contribution in [3.05, 3.63) is 66.4 Å². The van der Waals surface area contributed by atoms with E-state index in [0.29, 0.717) is 24.0 Å². The molecule has 2 heterocycles. The molecule has 0 aliphatic carbocycles. The molecule has 0 amide bonds. The number of nitrogens with zero attached hydrogens (tertiary/aromatic N) is 4. The Bertz CT molecular complexity index is 750. The van der Waals surface area contributed by atoms with Crippen LogP contribution in [0.4, 0.5) is 21.8 Å². The number of aromatic nitrogens is 4. The maximum atomic E-state index is 13.6. The highest BCUT2D eigenvalue weighted by molar-refractivity contribution is 5.56. The van der Waals surface area contributed by atoms with Gasteiger partial charge in [0.2, 0.25) is 5.95 Å². The van der Waals surface area contributed by atoms with Crippen LogP contribution in [0.25, 0.3) is 0 Å². The second-order valence-corrected chi connectivity index (χ2v) is 4.48. The Labute approximate surface area is 126 Å². The molecule has 2 aromatic heterocycles. The molecule has 0 unspecified atom stereocenters. The number of anilines is 3. The fraction of sp³-hybridized carbons (Fsp3) is 0.0667. The molecule has 0 radical (unpaired) electrons. The minimum absolute atomic E-state index is 0.334. The first-order valence-corrected chi connectivity index (χ1v) is 6.65. The molecule has 110 valence electrons. The van der Waals surface area contributed by atoms with Crippen LogP contribution in [0.1, 0.15) is 5.56 Å². The fourth-order valence-electron chi connectivity index (χ4n) is 1.82. The van der Waals surface area contributed by atoms with E-state index in [1.54, 1.807) is 30.6 Å². The number of halogens is 1. The van der Waals surface area contributed by atoms with Gasteiger partial charge >= 0.3 is 0 Å². The van der Waals surface area contributed by atoms with Crippen LogP contribution < -0.4 is 10.6 Å². The number of rotatable bonds is 5. The van der Waals surface area contributed by atoms with Crippen LogP contribution in [-0.2, 0) is 6.54 Å². The highest BCUT2D eigenvalue weighted by Crippen LogP contribution is 2.17. The largest absolute Gasteiger partial charge is 0.349 e. The van der Waals surface area contributed by atoms with Crippen molar-refractivity contribution < 1.29 is 4.39 Å². The van der Waals surface area contributed by atoms with Crippen molar-refractivity contribution in [3.8, 4) is 0 Å². The predicted molar refractivity (Wildman–Crippen MR) is 81.1 cm³/mol. The molecular weight excluding hydrogens is 283 g/mol. The van der Waals surface area contributed by atoms with Gasteiger partial charge in [-0.25, -0.2) is 4.39 Å². The number of para-hydroxylation sites is 1. The third-order valence-corrected chi connectivity index (χ3v) is 2.87. The summed E-state index contributed by atoms with van der Waals surface area (Å²) < 4.78 is 13.6. The van der Waals surface area contributed by atoms with Gasteiger partial charge in [0.25, 0.3) is 0 Å². The van der Waals surface area contributed by atoms with Gasteiger partial charge in [-0.3, -0.25) is 4.98 Å². The molecule has 3 aromatic rings. The van der Waals surface area contributed by atoms with Gasteiger partial charge in [0.15, 0.2) is 5.82 Å². The quantitative estimate of drug-likeness (QED) is 0.754. The summed E-state index contributed by atoms with van der Waals surface area (Å²) >= 11 is 0. The first-order valence-electron chi connectivity index (χ1n) is 6.65. The summed E-state index contributed by atoms with van der Waals surface area (Å²) in [4.78, 5) is 8.27. The molecule has 7 heteroatoms. The summed E-state index contributed by atoms with van der Waals surface area (Å²) in [5.41, 5.74) is 1.33. The molecular formula is C15H13FN6. The van der Waals surface area contributed by atoms with Crippen LogP contribution in [0.15, 0.2) is 55.0 Å². The normalized spacial score (nSPS) is 10.2. The van der Waals surface area contributed by atoms with Gasteiger partial charge in [0.05, 0.1) is 11.9 Å². The molecule has 1 aromatic carbocycles. The summed E-state index contributed by atoms with van der Waals surface area (Å²) in [6, 6.07) is 10.2. The zero-order valence-electron chi connectivity index (χ0n) is 11.6. The zero-order chi connectivity index (χ0) is 15.2. The van der Waals surface area contributed by atoms with Crippen LogP contribution in [-0.4, -0.2) is 20.2 Å². The van der Waals surface area contributed by atoms with Gasteiger partial charge in [0.1, 0.15) is 5.82 Å². The molecule has 0 saturated carbocycles. The summed E-state index contributed by atoms with van der Waals surface area (Å²) in [6.45, 7) is 0.526. The van der Waals surface area contributed by atoms with Crippen molar-refractivity contribution in [1.29, 1.82) is 0 Å². The van der Waals surface area contributed by atoms with E-state index in [9.17, 15) is 4.39 Å². The lowest BCUT2D eigenvalue weighted by Crippen LogP contribution is -2.06. The van der Waals surface area contributed by atoms with Crippen molar-refractivity contribution in [2.45, 2.75) is 6.54 Å². The van der Waals surface area contributed by atoms with Crippen LogP contribution in [0.5, 0.6) is 0 Å². The number of hydrogen-bond donors (Lipinski definition) is 2. The zero-order valence-corrected chi connectivity index (χ0v) is 11.6. The van der Waals surface area contributed by atoms with Crippen molar-refractivity contribution in [1.82, 2.24) is 20.2 Å². The topological polar surface area (TPSA) is 75.6 Å². The van der Waals surface area contributed by atoms with E-state index in [1.807, 2.05) is 12.1 Å². The van der Waals surface area contributed by atoms with Gasteiger partial charge in [-0.05, 0) is 23.8 Å². The predicted octanol–water partition coefficient (Wildman–Crippen LogP) is 2.76. The molecule has 0 fully saturated rings. The van der Waals surface area contributed by atoms with Gasteiger partial charge in [-0.2, -0.15) is 10.1 Å². The molecule has 0 atom stereocenters. The smallest absolute Gasteiger partial charge is 0.244 e. The van der Waals surface area contributed by atoms with Crippen LogP contribution in [0.2, 0.25) is 0 Å². The molecule has 3 rings (SSSR count). The Hall–Kier alpha value is -3.09. The van der Waals surface area contributed by atoms with E-state index >= 15 is 0 Å². The summed E-state index contributed by atoms with van der Waals surface area (Å²) in [5, 5.41) is 13.7. The number of nitrogens with one attached hydrogen (secondary N) is 2. The minimum atomic E-state index is -0.356. The van der Waals surface area contributed by atoms with Gasteiger partial charge in [-0.1, -0.05) is 18.2 Å². The third kappa shape index (κ3) is 3.51. The van der Waals surface area contributed by atoms with E-state index in [4.69, 9.17) is 0 Å². The Morgan fingerprint density at radius 2 is 1.95 bits per heavy atom. The molecule has 0 spiro atoms. The Morgan fingerprint density at radius 3 is 2.77 bits per heavy atom. The van der Waals surface area contributed by atoms with Crippen LogP contribution >= 0.6 is 0 Å². The molecule has 6 nitrogen and oxygen atoms in total. The Morgan fingerprint density at radius 1 is 1.05 bits per heavy atom. The van der Waals surface area contributed by atoms with Crippen LogP contribution in [0.3, 0.4) is 0 Å². The van der Waals surface area contributed by atoms with Crippen molar-refractivity contribution in [2.24, 2.45) is 0 Å². The van der Waals surface area contributed by atoms with E-state index in [1.165, 1.54) is 12.3 Å². The Kier molecular flexibility index (Phi) is 4.15. The second kappa shape index (κ2) is 6.57. The lowest BCUT2D eigenvalue weighted by atomic mass is 10.3. The lowest BCUT2D eigenvalue weighted by molar-refractivity contribution is 0.631. The molecule has 0 aliphatic heterocycles. The van der Waals surface area contributed by atoms with Crippen molar-refractivity contribution in [3.63, 3.8) is 0 Å². The van der Waals surface area contributed by atoms with Crippen molar-refractivity contribution in [2.75, 3.05) is 10.6 Å². The first-order chi connectivity index (χ1) is 10.8. The highest BCUT2D eigenvalue weighted by Gasteiger charge is 2.04. The Balaban J connectivity index is 1.69. The fourth-order valence-corrected chi connectivity index (χ4v) is 1.82. The van der Waals surface area contributed by atoms with Gasteiger partial charge in [0, 0.05) is 18.9 Å².